The molecule has 0 spiro atoms. The molecule has 16 heavy (non-hydrogen) atoms. The number of aliphatic hydroxyl groups is 1. The molecule has 1 aromatic rings. The van der Waals surface area contributed by atoms with E-state index in [1.807, 2.05) is 4.90 Å². The molecule has 0 aliphatic heterocycles. The smallest absolute Gasteiger partial charge is 0.157 e. The highest BCUT2D eigenvalue weighted by atomic mass is 35.5. The largest absolute Gasteiger partial charge is 0.395 e. The molecule has 0 amide bonds. The van der Waals surface area contributed by atoms with E-state index < -0.39 is 0 Å². The predicted octanol–water partition coefficient (Wildman–Crippen LogP) is 1.31. The number of halogens is 1. The van der Waals surface area contributed by atoms with Crippen LogP contribution in [0.25, 0.3) is 0 Å². The molecule has 0 aromatic carbocycles. The van der Waals surface area contributed by atoms with Crippen molar-refractivity contribution >= 4 is 23.1 Å². The van der Waals surface area contributed by atoms with Crippen LogP contribution in [0.15, 0.2) is 6.33 Å². The SMILES string of the molecule is CCCCN(CCO)c1ncnc(Cl)c1N. The lowest BCUT2D eigenvalue weighted by Crippen LogP contribution is -2.29. The molecule has 1 heterocycles. The molecule has 5 nitrogen and oxygen atoms in total. The maximum atomic E-state index is 9.00. The molecule has 3 N–H and O–H groups in total. The number of aliphatic hydroxyl groups excluding tert-OH is 1. The van der Waals surface area contributed by atoms with Crippen molar-refractivity contribution in [3.63, 3.8) is 0 Å². The van der Waals surface area contributed by atoms with Crippen LogP contribution in [0.3, 0.4) is 0 Å². The van der Waals surface area contributed by atoms with Gasteiger partial charge in [0.1, 0.15) is 12.0 Å². The average Bonchev–Trinajstić information content (AvgIpc) is 2.28. The van der Waals surface area contributed by atoms with Gasteiger partial charge in [0.05, 0.1) is 6.61 Å². The molecular formula is C10H17ClN4O. The van der Waals surface area contributed by atoms with Crippen LogP contribution in [0.5, 0.6) is 0 Å². The van der Waals surface area contributed by atoms with Gasteiger partial charge in [0, 0.05) is 13.1 Å². The summed E-state index contributed by atoms with van der Waals surface area (Å²) in [6, 6.07) is 0. The molecule has 1 aromatic heterocycles. The molecule has 0 saturated heterocycles. The van der Waals surface area contributed by atoms with Crippen LogP contribution in [0, 0.1) is 0 Å². The van der Waals surface area contributed by atoms with Crippen molar-refractivity contribution < 1.29 is 5.11 Å². The van der Waals surface area contributed by atoms with Gasteiger partial charge in [-0.05, 0) is 6.42 Å². The molecule has 0 saturated carbocycles. The van der Waals surface area contributed by atoms with E-state index in [4.69, 9.17) is 22.4 Å². The van der Waals surface area contributed by atoms with Crippen molar-refractivity contribution in [3.05, 3.63) is 11.5 Å². The number of hydrogen-bond acceptors (Lipinski definition) is 5. The number of aromatic nitrogens is 2. The average molecular weight is 245 g/mol. The summed E-state index contributed by atoms with van der Waals surface area (Å²) < 4.78 is 0. The second kappa shape index (κ2) is 6.50. The van der Waals surface area contributed by atoms with Gasteiger partial charge in [-0.15, -0.1) is 0 Å². The molecule has 1 rings (SSSR count). The van der Waals surface area contributed by atoms with Crippen LogP contribution in [-0.4, -0.2) is 34.8 Å². The third-order valence-corrected chi connectivity index (χ3v) is 2.57. The Morgan fingerprint density at radius 3 is 2.81 bits per heavy atom. The zero-order valence-corrected chi connectivity index (χ0v) is 10.1. The van der Waals surface area contributed by atoms with Gasteiger partial charge < -0.3 is 15.7 Å². The Morgan fingerprint density at radius 2 is 2.19 bits per heavy atom. The first kappa shape index (κ1) is 13.0. The second-order valence-corrected chi connectivity index (χ2v) is 3.82. The fourth-order valence-corrected chi connectivity index (χ4v) is 1.54. The topological polar surface area (TPSA) is 75.3 Å². The molecule has 0 unspecified atom stereocenters. The van der Waals surface area contributed by atoms with Crippen molar-refractivity contribution in [2.75, 3.05) is 30.3 Å². The van der Waals surface area contributed by atoms with Gasteiger partial charge in [-0.2, -0.15) is 0 Å². The number of nitrogens with two attached hydrogens (primary N) is 1. The van der Waals surface area contributed by atoms with Crippen LogP contribution in [-0.2, 0) is 0 Å². The molecule has 90 valence electrons. The minimum atomic E-state index is 0.0603. The maximum Gasteiger partial charge on any atom is 0.157 e. The highest BCUT2D eigenvalue weighted by Crippen LogP contribution is 2.25. The molecule has 0 radical (unpaired) electrons. The predicted molar refractivity (Wildman–Crippen MR) is 65.7 cm³/mol. The van der Waals surface area contributed by atoms with Crippen molar-refractivity contribution in [2.45, 2.75) is 19.8 Å². The van der Waals surface area contributed by atoms with Crippen molar-refractivity contribution in [1.29, 1.82) is 0 Å². The summed E-state index contributed by atoms with van der Waals surface area (Å²) in [5.41, 5.74) is 6.17. The molecule has 6 heteroatoms. The molecule has 0 bridgehead atoms. The fraction of sp³-hybridized carbons (Fsp3) is 0.600. The summed E-state index contributed by atoms with van der Waals surface area (Å²) in [7, 11) is 0. The van der Waals surface area contributed by atoms with Crippen LogP contribution >= 0.6 is 11.6 Å². The normalized spacial score (nSPS) is 10.4. The van der Waals surface area contributed by atoms with Gasteiger partial charge in [0.2, 0.25) is 0 Å². The third kappa shape index (κ3) is 3.21. The van der Waals surface area contributed by atoms with E-state index >= 15 is 0 Å². The van der Waals surface area contributed by atoms with Crippen molar-refractivity contribution in [3.8, 4) is 0 Å². The van der Waals surface area contributed by atoms with Gasteiger partial charge in [0.15, 0.2) is 11.0 Å². The van der Waals surface area contributed by atoms with E-state index in [0.717, 1.165) is 19.4 Å². The fourth-order valence-electron chi connectivity index (χ4n) is 1.41. The number of nitrogen functional groups attached to an aromatic ring is 1. The van der Waals surface area contributed by atoms with E-state index in [0.29, 0.717) is 18.1 Å². The number of nitrogens with zero attached hydrogens (tertiary/aromatic N) is 3. The Morgan fingerprint density at radius 1 is 1.44 bits per heavy atom. The highest BCUT2D eigenvalue weighted by molar-refractivity contribution is 6.32. The molecular weight excluding hydrogens is 228 g/mol. The van der Waals surface area contributed by atoms with Gasteiger partial charge in [0.25, 0.3) is 0 Å². The van der Waals surface area contributed by atoms with Crippen molar-refractivity contribution in [2.24, 2.45) is 0 Å². The Hall–Kier alpha value is -1.07. The lowest BCUT2D eigenvalue weighted by Gasteiger charge is -2.23. The lowest BCUT2D eigenvalue weighted by atomic mass is 10.3. The first-order valence-electron chi connectivity index (χ1n) is 5.32. The van der Waals surface area contributed by atoms with Crippen molar-refractivity contribution in [1.82, 2.24) is 9.97 Å². The van der Waals surface area contributed by atoms with Crippen LogP contribution in [0.2, 0.25) is 5.15 Å². The number of rotatable bonds is 6. The standard InChI is InChI=1S/C10H17ClN4O/c1-2-3-4-15(5-6-16)10-8(12)9(11)13-7-14-10/h7,16H,2-6,12H2,1H3. The summed E-state index contributed by atoms with van der Waals surface area (Å²) in [4.78, 5) is 9.83. The number of unbranched alkanes of at least 4 members (excludes halogenated alkanes) is 1. The lowest BCUT2D eigenvalue weighted by molar-refractivity contribution is 0.301. The molecule has 0 atom stereocenters. The van der Waals surface area contributed by atoms with Crippen LogP contribution < -0.4 is 10.6 Å². The Balaban J connectivity index is 2.86. The Labute approximate surface area is 100 Å². The molecule has 0 aliphatic rings. The number of hydrogen-bond donors (Lipinski definition) is 2. The van der Waals surface area contributed by atoms with E-state index in [1.165, 1.54) is 6.33 Å². The minimum Gasteiger partial charge on any atom is -0.395 e. The minimum absolute atomic E-state index is 0.0603. The zero-order valence-electron chi connectivity index (χ0n) is 9.36. The van der Waals surface area contributed by atoms with Gasteiger partial charge >= 0.3 is 0 Å². The summed E-state index contributed by atoms with van der Waals surface area (Å²) in [6.45, 7) is 3.46. The summed E-state index contributed by atoms with van der Waals surface area (Å²) in [5.74, 6) is 0.600. The summed E-state index contributed by atoms with van der Waals surface area (Å²) >= 11 is 5.83. The van der Waals surface area contributed by atoms with Gasteiger partial charge in [-0.25, -0.2) is 9.97 Å². The van der Waals surface area contributed by atoms with E-state index in [9.17, 15) is 0 Å². The number of anilines is 2. The Bertz CT molecular complexity index is 335. The molecule has 0 aliphatic carbocycles. The second-order valence-electron chi connectivity index (χ2n) is 3.47. The third-order valence-electron chi connectivity index (χ3n) is 2.27. The van der Waals surface area contributed by atoms with Crippen LogP contribution in [0.1, 0.15) is 19.8 Å². The monoisotopic (exact) mass is 244 g/mol. The van der Waals surface area contributed by atoms with Gasteiger partial charge in [-0.1, -0.05) is 24.9 Å². The van der Waals surface area contributed by atoms with E-state index in [-0.39, 0.29) is 11.8 Å². The Kier molecular flexibility index (Phi) is 5.28. The van der Waals surface area contributed by atoms with E-state index in [2.05, 4.69) is 16.9 Å². The summed E-state index contributed by atoms with van der Waals surface area (Å²) in [6.07, 6.45) is 3.46. The summed E-state index contributed by atoms with van der Waals surface area (Å²) in [5, 5.41) is 9.25. The maximum absolute atomic E-state index is 9.00. The first-order valence-corrected chi connectivity index (χ1v) is 5.70. The van der Waals surface area contributed by atoms with E-state index in [1.54, 1.807) is 0 Å². The highest BCUT2D eigenvalue weighted by Gasteiger charge is 2.13. The van der Waals surface area contributed by atoms with Gasteiger partial charge in [-0.3, -0.25) is 0 Å². The molecule has 0 fully saturated rings. The zero-order chi connectivity index (χ0) is 12.0. The first-order chi connectivity index (χ1) is 7.70. The quantitative estimate of drug-likeness (QED) is 0.738. The van der Waals surface area contributed by atoms with Crippen LogP contribution in [0.4, 0.5) is 11.5 Å².